The molecule has 8 aromatic rings. The van der Waals surface area contributed by atoms with Crippen LogP contribution < -0.4 is 26.6 Å². The van der Waals surface area contributed by atoms with Crippen LogP contribution in [-0.2, 0) is 20.9 Å². The van der Waals surface area contributed by atoms with Gasteiger partial charge < -0.3 is 31.1 Å². The number of aromatic nitrogens is 7. The second kappa shape index (κ2) is 22.0. The Kier molecular flexibility index (Phi) is 15.2. The van der Waals surface area contributed by atoms with Crippen molar-refractivity contribution in [3.63, 3.8) is 0 Å². The summed E-state index contributed by atoms with van der Waals surface area (Å²) in [5.74, 6) is -4.01. The first-order chi connectivity index (χ1) is 35.3. The maximum atomic E-state index is 14.1. The molecule has 10 bridgehead atoms. The Morgan fingerprint density at radius 2 is 1.53 bits per heavy atom. The number of benzene rings is 1. The number of nitrogens with zero attached hydrogens (tertiary/aromatic N) is 10. The molecule has 0 saturated carbocycles. The fraction of sp³-hybridized carbons (Fsp3) is 0.205. The number of hydrogen-bond donors (Lipinski definition) is 6. The van der Waals surface area contributed by atoms with Gasteiger partial charge >= 0.3 is 0 Å². The van der Waals surface area contributed by atoms with Crippen molar-refractivity contribution in [3.05, 3.63) is 123 Å². The van der Waals surface area contributed by atoms with Gasteiger partial charge in [-0.25, -0.2) is 34.9 Å². The highest BCUT2D eigenvalue weighted by Crippen LogP contribution is 2.39. The number of nitrogens with one attached hydrogen (secondary N) is 5. The summed E-state index contributed by atoms with van der Waals surface area (Å²) >= 11 is 6.72. The Bertz CT molecular complexity index is 3480. The Balaban J connectivity index is 1.13. The molecule has 8 heterocycles. The number of amides is 6. The minimum Gasteiger partial charge on any atom is -0.386 e. The summed E-state index contributed by atoms with van der Waals surface area (Å²) in [7, 11) is 2.87. The van der Waals surface area contributed by atoms with E-state index in [1.165, 1.54) is 42.2 Å². The first-order valence-corrected chi connectivity index (χ1v) is 26.5. The highest BCUT2D eigenvalue weighted by molar-refractivity contribution is 7.16. The highest BCUT2D eigenvalue weighted by atomic mass is 32.1. The predicted octanol–water partition coefficient (Wildman–Crippen LogP) is 6.89. The summed E-state index contributed by atoms with van der Waals surface area (Å²) < 4.78 is 5.32. The third-order valence-corrected chi connectivity index (χ3v) is 16.1. The molecule has 0 spiro atoms. The first kappa shape index (κ1) is 50.3. The van der Waals surface area contributed by atoms with Gasteiger partial charge in [-0.1, -0.05) is 41.7 Å². The minimum absolute atomic E-state index is 0.00115. The van der Waals surface area contributed by atoms with Crippen LogP contribution in [0.1, 0.15) is 91.9 Å². The van der Waals surface area contributed by atoms with E-state index in [-0.39, 0.29) is 45.9 Å². The number of azide groups is 1. The zero-order valence-corrected chi connectivity index (χ0v) is 42.8. The maximum Gasteiger partial charge on any atom is 0.277 e. The molecule has 73 heavy (non-hydrogen) atoms. The number of rotatable bonds is 8. The van der Waals surface area contributed by atoms with E-state index in [1.54, 1.807) is 65.5 Å². The van der Waals surface area contributed by atoms with Crippen LogP contribution in [0.15, 0.2) is 69.1 Å². The molecule has 0 fully saturated rings. The standard InChI is InChI=1S/C44H35N15O8S6/c1-18-30-38(66)57-44-56-32(27(73-44)13-67-3)37(65)47-12-29(61)54-33(34(62)19-7-5-4-6-8-19)43-53-26(17-71-43)41-50-23(14-69-41)31-20(9-10-21(48-31)40-52-25(16-70-40)36(64)58-59-45)39-51-24(15-68-39)35(63)49-22(11-28(60)46-2)42(55-30)72-18/h4-10,14-17,22,33-34,62H,11-13H2,1-3H3,(H,46,60)(H,47,65)(H,49,63)(H,54,61)(H,56,57,66)/t22-,33-,34-/m0/s1. The minimum atomic E-state index is -1.28. The Morgan fingerprint density at radius 1 is 0.795 bits per heavy atom. The quantitative estimate of drug-likeness (QED) is 0.0513. The van der Waals surface area contributed by atoms with E-state index in [0.717, 1.165) is 45.3 Å². The number of carbonyl (C=O) groups excluding carboxylic acids is 6. The maximum absolute atomic E-state index is 14.1. The molecule has 1 aliphatic heterocycles. The van der Waals surface area contributed by atoms with E-state index in [4.69, 9.17) is 30.2 Å². The number of ether oxygens (including phenoxy) is 1. The molecule has 0 radical (unpaired) electrons. The number of hydrogen-bond acceptors (Lipinski definition) is 21. The van der Waals surface area contributed by atoms with E-state index in [2.05, 4.69) is 51.6 Å². The second-order valence-corrected chi connectivity index (χ2v) is 21.2. The van der Waals surface area contributed by atoms with Crippen molar-refractivity contribution in [1.82, 2.24) is 56.2 Å². The van der Waals surface area contributed by atoms with Crippen LogP contribution in [0.25, 0.3) is 53.8 Å². The molecule has 6 N–H and O–H groups in total. The fourth-order valence-corrected chi connectivity index (χ4v) is 12.3. The molecule has 0 unspecified atom stereocenters. The number of methoxy groups -OCH3 is 1. The Hall–Kier alpha value is -7.60. The molecular formula is C44H35N15O8S6. The van der Waals surface area contributed by atoms with Gasteiger partial charge in [-0.3, -0.25) is 34.1 Å². The number of aliphatic hydroxyl groups excluding tert-OH is 1. The van der Waals surface area contributed by atoms with Gasteiger partial charge in [-0.15, -0.1) is 56.7 Å². The van der Waals surface area contributed by atoms with Crippen molar-refractivity contribution in [2.24, 2.45) is 5.11 Å². The molecule has 7 aromatic heterocycles. The normalized spacial score (nSPS) is 15.6. The van der Waals surface area contributed by atoms with Crippen LogP contribution in [0.4, 0.5) is 5.13 Å². The molecule has 6 amide bonds. The first-order valence-electron chi connectivity index (χ1n) is 21.3. The van der Waals surface area contributed by atoms with E-state index >= 15 is 0 Å². The van der Waals surface area contributed by atoms with Crippen molar-refractivity contribution in [3.8, 4) is 43.4 Å². The number of anilines is 1. The molecule has 370 valence electrons. The van der Waals surface area contributed by atoms with Crippen molar-refractivity contribution >= 4 is 109 Å². The van der Waals surface area contributed by atoms with Gasteiger partial charge in [0.15, 0.2) is 5.13 Å². The molecule has 0 aliphatic carbocycles. The van der Waals surface area contributed by atoms with Crippen LogP contribution >= 0.6 is 68.0 Å². The monoisotopic (exact) mass is 1090 g/mol. The molecule has 1 aliphatic rings. The lowest BCUT2D eigenvalue weighted by atomic mass is 10.0. The number of fused-ring (bicyclic) bond motifs is 14. The van der Waals surface area contributed by atoms with Gasteiger partial charge in [0.05, 0.1) is 36.2 Å². The van der Waals surface area contributed by atoms with Crippen LogP contribution in [0.2, 0.25) is 0 Å². The van der Waals surface area contributed by atoms with Crippen LogP contribution in [-0.4, -0.2) is 96.1 Å². The van der Waals surface area contributed by atoms with Gasteiger partial charge in [0.25, 0.3) is 23.6 Å². The van der Waals surface area contributed by atoms with Crippen LogP contribution in [0.3, 0.4) is 0 Å². The lowest BCUT2D eigenvalue weighted by Gasteiger charge is -2.23. The van der Waals surface area contributed by atoms with E-state index in [9.17, 15) is 33.9 Å². The fourth-order valence-electron chi connectivity index (χ4n) is 7.11. The summed E-state index contributed by atoms with van der Waals surface area (Å²) in [6.07, 6.45) is -1.52. The third-order valence-electron chi connectivity index (χ3n) is 10.6. The van der Waals surface area contributed by atoms with Crippen molar-refractivity contribution in [1.29, 1.82) is 0 Å². The average Bonchev–Trinajstić information content (AvgIpc) is 4.26. The summed E-state index contributed by atoms with van der Waals surface area (Å²) in [5.41, 5.74) is 11.0. The van der Waals surface area contributed by atoms with Crippen molar-refractivity contribution < 1.29 is 38.6 Å². The number of thiazole rings is 6. The van der Waals surface area contributed by atoms with E-state index < -0.39 is 60.2 Å². The molecule has 9 rings (SSSR count). The lowest BCUT2D eigenvalue weighted by Crippen LogP contribution is -2.40. The van der Waals surface area contributed by atoms with Gasteiger partial charge in [0, 0.05) is 51.0 Å². The topological polar surface area (TPSA) is 331 Å². The number of aliphatic hydroxyl groups is 1. The van der Waals surface area contributed by atoms with Crippen molar-refractivity contribution in [2.75, 3.05) is 26.0 Å². The van der Waals surface area contributed by atoms with E-state index in [0.29, 0.717) is 63.7 Å². The summed E-state index contributed by atoms with van der Waals surface area (Å²) in [4.78, 5) is 116. The van der Waals surface area contributed by atoms with Gasteiger partial charge in [0.2, 0.25) is 11.8 Å². The molecule has 29 heteroatoms. The largest absolute Gasteiger partial charge is 0.386 e. The molecule has 23 nitrogen and oxygen atoms in total. The van der Waals surface area contributed by atoms with Gasteiger partial charge in [-0.05, 0) is 35.3 Å². The molecule has 0 saturated heterocycles. The SMILES string of the molecule is CNC(=O)C[C@@H]1NC(=O)c2csc(n2)-c2ccc(-c3nc(C(=O)N=[N+]=[N-])cs3)nc2-c2csc(n2)-c2csc(n2)[C@H]([C@@H](O)c2ccccc2)NC(=O)CNC(=O)c2nc(sc2COC)NC(=O)c2nc1sc2C. The van der Waals surface area contributed by atoms with Crippen molar-refractivity contribution in [2.45, 2.75) is 38.1 Å². The summed E-state index contributed by atoms with van der Waals surface area (Å²) in [6.45, 7) is 1.07. The van der Waals surface area contributed by atoms with Crippen LogP contribution in [0, 0.1) is 6.92 Å². The highest BCUT2D eigenvalue weighted by Gasteiger charge is 2.31. The smallest absolute Gasteiger partial charge is 0.277 e. The van der Waals surface area contributed by atoms with E-state index in [1.807, 2.05) is 0 Å². The number of aryl methyl sites for hydroxylation is 1. The predicted molar refractivity (Wildman–Crippen MR) is 273 cm³/mol. The lowest BCUT2D eigenvalue weighted by molar-refractivity contribution is -0.122. The van der Waals surface area contributed by atoms with Gasteiger partial charge in [-0.2, -0.15) is 0 Å². The molecule has 3 atom stereocenters. The second-order valence-electron chi connectivity index (χ2n) is 15.4. The summed E-state index contributed by atoms with van der Waals surface area (Å²) in [6, 6.07) is 9.97. The third kappa shape index (κ3) is 11.1. The molecular weight excluding hydrogens is 1060 g/mol. The van der Waals surface area contributed by atoms with Gasteiger partial charge in [0.1, 0.15) is 77.0 Å². The zero-order chi connectivity index (χ0) is 51.3. The molecule has 1 aromatic carbocycles. The number of pyridine rings is 1. The van der Waals surface area contributed by atoms with Crippen LogP contribution in [0.5, 0.6) is 0 Å². The number of carbonyl (C=O) groups is 6. The summed E-state index contributed by atoms with van der Waals surface area (Å²) in [5, 5.41) is 36.6. The Morgan fingerprint density at radius 3 is 2.32 bits per heavy atom. The Labute approximate surface area is 435 Å². The average molecular weight is 1090 g/mol. The zero-order valence-electron chi connectivity index (χ0n) is 37.9.